The summed E-state index contributed by atoms with van der Waals surface area (Å²) in [5, 5.41) is 0. The number of ether oxygens (including phenoxy) is 1. The van der Waals surface area contributed by atoms with Gasteiger partial charge in [-0.1, -0.05) is 12.1 Å². The SMILES string of the molecule is COC(=O)[C@@H]1[C@H]2CC[C@@H](C[C@H]1c1ccc(C)c(F)c1)N2C.Cl. The second kappa shape index (κ2) is 6.55. The lowest BCUT2D eigenvalue weighted by Gasteiger charge is -2.41. The first-order valence-corrected chi connectivity index (χ1v) is 7.58. The molecule has 0 amide bonds. The van der Waals surface area contributed by atoms with Crippen LogP contribution in [0.4, 0.5) is 4.39 Å². The average Bonchev–Trinajstić information content (AvgIpc) is 2.72. The van der Waals surface area contributed by atoms with Gasteiger partial charge in [0.1, 0.15) is 5.82 Å². The Morgan fingerprint density at radius 2 is 2.09 bits per heavy atom. The van der Waals surface area contributed by atoms with Gasteiger partial charge in [-0.15, -0.1) is 12.4 Å². The predicted molar refractivity (Wildman–Crippen MR) is 85.8 cm³/mol. The van der Waals surface area contributed by atoms with Crippen LogP contribution in [0.2, 0.25) is 0 Å². The van der Waals surface area contributed by atoms with Gasteiger partial charge in [0.25, 0.3) is 0 Å². The number of piperidine rings is 1. The molecule has 22 heavy (non-hydrogen) atoms. The highest BCUT2D eigenvalue weighted by atomic mass is 35.5. The highest BCUT2D eigenvalue weighted by Crippen LogP contribution is 2.46. The summed E-state index contributed by atoms with van der Waals surface area (Å²) in [4.78, 5) is 14.6. The first-order chi connectivity index (χ1) is 10.0. The molecule has 1 aromatic rings. The minimum atomic E-state index is -0.194. The first kappa shape index (κ1) is 17.2. The average molecular weight is 328 g/mol. The fourth-order valence-electron chi connectivity index (χ4n) is 4.11. The molecule has 122 valence electrons. The standard InChI is InChI=1S/C17H22FNO2.ClH/c1-10-4-5-11(8-14(10)18)13-9-12-6-7-15(19(12)2)16(13)17(20)21-3;/h4-5,8,12-13,15-16H,6-7,9H2,1-3H3;1H/t12-,13-,15+,16-;/m0./s1. The molecular formula is C17H23ClFNO2. The van der Waals surface area contributed by atoms with Gasteiger partial charge in [0.2, 0.25) is 0 Å². The van der Waals surface area contributed by atoms with E-state index in [4.69, 9.17) is 4.74 Å². The fraction of sp³-hybridized carbons (Fsp3) is 0.588. The molecule has 0 aromatic heterocycles. The van der Waals surface area contributed by atoms with Crippen molar-refractivity contribution in [3.63, 3.8) is 0 Å². The van der Waals surface area contributed by atoms with Gasteiger partial charge in [-0.2, -0.15) is 0 Å². The molecule has 0 radical (unpaired) electrons. The van der Waals surface area contributed by atoms with Crippen molar-refractivity contribution in [2.24, 2.45) is 5.92 Å². The van der Waals surface area contributed by atoms with Gasteiger partial charge < -0.3 is 4.74 Å². The number of halogens is 2. The third kappa shape index (κ3) is 2.74. The summed E-state index contributed by atoms with van der Waals surface area (Å²) >= 11 is 0. The Hall–Kier alpha value is -1.13. The second-order valence-corrected chi connectivity index (χ2v) is 6.36. The molecule has 4 atom stereocenters. The van der Waals surface area contributed by atoms with Crippen molar-refractivity contribution in [1.29, 1.82) is 0 Å². The zero-order chi connectivity index (χ0) is 15.1. The first-order valence-electron chi connectivity index (χ1n) is 7.58. The van der Waals surface area contributed by atoms with Gasteiger partial charge >= 0.3 is 5.97 Å². The van der Waals surface area contributed by atoms with Gasteiger partial charge in [0.05, 0.1) is 13.0 Å². The Morgan fingerprint density at radius 1 is 1.36 bits per heavy atom. The number of nitrogens with zero attached hydrogens (tertiary/aromatic N) is 1. The highest BCUT2D eigenvalue weighted by molar-refractivity contribution is 5.85. The van der Waals surface area contributed by atoms with Crippen LogP contribution in [0.25, 0.3) is 0 Å². The van der Waals surface area contributed by atoms with E-state index in [0.29, 0.717) is 11.6 Å². The molecule has 3 nitrogen and oxygen atoms in total. The summed E-state index contributed by atoms with van der Waals surface area (Å²) in [7, 11) is 3.53. The number of fused-ring (bicyclic) bond motifs is 2. The topological polar surface area (TPSA) is 29.5 Å². The number of rotatable bonds is 2. The number of hydrogen-bond donors (Lipinski definition) is 0. The van der Waals surface area contributed by atoms with Gasteiger partial charge in [0.15, 0.2) is 0 Å². The third-order valence-corrected chi connectivity index (χ3v) is 5.37. The summed E-state index contributed by atoms with van der Waals surface area (Å²) in [5.74, 6) is -0.498. The summed E-state index contributed by atoms with van der Waals surface area (Å²) in [6.45, 7) is 1.76. The predicted octanol–water partition coefficient (Wildman–Crippen LogP) is 3.30. The minimum Gasteiger partial charge on any atom is -0.469 e. The van der Waals surface area contributed by atoms with Gasteiger partial charge in [-0.3, -0.25) is 9.69 Å². The molecule has 2 aliphatic heterocycles. The number of aryl methyl sites for hydroxylation is 1. The van der Waals surface area contributed by atoms with Crippen LogP contribution >= 0.6 is 12.4 Å². The smallest absolute Gasteiger partial charge is 0.310 e. The van der Waals surface area contributed by atoms with E-state index >= 15 is 0 Å². The monoisotopic (exact) mass is 327 g/mol. The van der Waals surface area contributed by atoms with E-state index in [9.17, 15) is 9.18 Å². The zero-order valence-electron chi connectivity index (χ0n) is 13.2. The van der Waals surface area contributed by atoms with Crippen LogP contribution in [0.1, 0.15) is 36.3 Å². The molecule has 1 aromatic carbocycles. The molecule has 3 rings (SSSR count). The van der Waals surface area contributed by atoms with Crippen LogP contribution in [0.15, 0.2) is 18.2 Å². The maximum absolute atomic E-state index is 13.9. The van der Waals surface area contributed by atoms with Crippen molar-refractivity contribution < 1.29 is 13.9 Å². The van der Waals surface area contributed by atoms with E-state index in [1.165, 1.54) is 7.11 Å². The number of benzene rings is 1. The van der Waals surface area contributed by atoms with Crippen molar-refractivity contribution in [3.05, 3.63) is 35.1 Å². The normalized spacial score (nSPS) is 30.7. The van der Waals surface area contributed by atoms with E-state index in [1.807, 2.05) is 6.07 Å². The van der Waals surface area contributed by atoms with Crippen LogP contribution < -0.4 is 0 Å². The minimum absolute atomic E-state index is 0. The molecule has 0 N–H and O–H groups in total. The van der Waals surface area contributed by atoms with Gasteiger partial charge in [-0.05, 0) is 50.4 Å². The van der Waals surface area contributed by atoms with Crippen molar-refractivity contribution in [1.82, 2.24) is 4.90 Å². The largest absolute Gasteiger partial charge is 0.469 e. The summed E-state index contributed by atoms with van der Waals surface area (Å²) in [6, 6.07) is 6.07. The summed E-state index contributed by atoms with van der Waals surface area (Å²) in [5.41, 5.74) is 1.57. The maximum atomic E-state index is 13.9. The lowest BCUT2D eigenvalue weighted by Crippen LogP contribution is -2.49. The van der Waals surface area contributed by atoms with E-state index < -0.39 is 0 Å². The molecule has 2 aliphatic rings. The molecule has 0 aliphatic carbocycles. The van der Waals surface area contributed by atoms with Crippen molar-refractivity contribution in [2.75, 3.05) is 14.2 Å². The Labute approximate surface area is 137 Å². The van der Waals surface area contributed by atoms with E-state index in [1.54, 1.807) is 19.1 Å². The number of hydrogen-bond acceptors (Lipinski definition) is 3. The van der Waals surface area contributed by atoms with Gasteiger partial charge in [0, 0.05) is 18.0 Å². The molecule has 2 fully saturated rings. The quantitative estimate of drug-likeness (QED) is 0.781. The lowest BCUT2D eigenvalue weighted by molar-refractivity contribution is -0.150. The Balaban J connectivity index is 0.00000176. The lowest BCUT2D eigenvalue weighted by atomic mass is 9.76. The van der Waals surface area contributed by atoms with Crippen LogP contribution in [-0.2, 0) is 9.53 Å². The number of esters is 1. The highest BCUT2D eigenvalue weighted by Gasteiger charge is 2.49. The zero-order valence-corrected chi connectivity index (χ0v) is 14.0. The Kier molecular flexibility index (Phi) is 5.13. The Morgan fingerprint density at radius 3 is 2.73 bits per heavy atom. The number of carbonyl (C=O) groups excluding carboxylic acids is 1. The van der Waals surface area contributed by atoms with Crippen LogP contribution in [-0.4, -0.2) is 37.1 Å². The fourth-order valence-corrected chi connectivity index (χ4v) is 4.11. The number of carbonyl (C=O) groups is 1. The van der Waals surface area contributed by atoms with Crippen molar-refractivity contribution in [2.45, 2.75) is 44.2 Å². The van der Waals surface area contributed by atoms with Gasteiger partial charge in [-0.25, -0.2) is 4.39 Å². The molecule has 5 heteroatoms. The second-order valence-electron chi connectivity index (χ2n) is 6.36. The summed E-state index contributed by atoms with van der Waals surface area (Å²) in [6.07, 6.45) is 3.03. The Bertz CT molecular complexity index is 566. The van der Waals surface area contributed by atoms with Crippen LogP contribution in [0, 0.1) is 18.7 Å². The van der Waals surface area contributed by atoms with E-state index in [-0.39, 0.29) is 42.1 Å². The van der Waals surface area contributed by atoms with E-state index in [0.717, 1.165) is 24.8 Å². The molecule has 0 spiro atoms. The third-order valence-electron chi connectivity index (χ3n) is 5.37. The molecule has 0 unspecified atom stereocenters. The van der Waals surface area contributed by atoms with Crippen LogP contribution in [0.5, 0.6) is 0 Å². The van der Waals surface area contributed by atoms with E-state index in [2.05, 4.69) is 11.9 Å². The number of methoxy groups -OCH3 is 1. The van der Waals surface area contributed by atoms with Crippen LogP contribution in [0.3, 0.4) is 0 Å². The molecule has 0 saturated carbocycles. The molecule has 2 heterocycles. The molecular weight excluding hydrogens is 305 g/mol. The maximum Gasteiger partial charge on any atom is 0.310 e. The van der Waals surface area contributed by atoms with Crippen molar-refractivity contribution >= 4 is 18.4 Å². The summed E-state index contributed by atoms with van der Waals surface area (Å²) < 4.78 is 18.9. The van der Waals surface area contributed by atoms with Crippen molar-refractivity contribution in [3.8, 4) is 0 Å². The molecule has 2 bridgehead atoms. The molecule has 2 saturated heterocycles.